The van der Waals surface area contributed by atoms with Gasteiger partial charge in [-0.2, -0.15) is 16.8 Å². The Morgan fingerprint density at radius 3 is 2.41 bits per heavy atom. The molecule has 216 valence electrons. The maximum Gasteiger partial charge on any atom is 0.283 e. The van der Waals surface area contributed by atoms with E-state index in [4.69, 9.17) is 11.6 Å². The molecule has 2 heterocycles. The molecule has 7 nitrogen and oxygen atoms in total. The number of thioether (sulfide) groups is 1. The largest absolute Gasteiger partial charge is 0.317 e. The smallest absolute Gasteiger partial charge is 0.283 e. The van der Waals surface area contributed by atoms with Gasteiger partial charge in [0.25, 0.3) is 20.2 Å². The van der Waals surface area contributed by atoms with Gasteiger partial charge in [0, 0.05) is 24.9 Å². The van der Waals surface area contributed by atoms with Gasteiger partial charge in [-0.1, -0.05) is 35.5 Å². The van der Waals surface area contributed by atoms with Crippen molar-refractivity contribution in [2.45, 2.75) is 29.9 Å². The SMILES string of the molecule is O=S(=O)(O)Cc1c(/C=C/C2=C(Cl)C(=C/C=C3\Sc4ccc(F)cc4N3CS(=O)(=O)O)/CCC2)sc2ccc(F)cc12. The van der Waals surface area contributed by atoms with Gasteiger partial charge in [-0.25, -0.2) is 8.78 Å². The Morgan fingerprint density at radius 1 is 0.951 bits per heavy atom. The van der Waals surface area contributed by atoms with E-state index in [1.807, 2.05) is 0 Å². The molecular weight excluding hydrogens is 636 g/mol. The average Bonchev–Trinajstić information content (AvgIpc) is 3.37. The molecule has 0 bridgehead atoms. The van der Waals surface area contributed by atoms with E-state index in [1.54, 1.807) is 30.4 Å². The molecule has 0 fully saturated rings. The van der Waals surface area contributed by atoms with E-state index in [0.29, 0.717) is 54.0 Å². The van der Waals surface area contributed by atoms with Crippen LogP contribution >= 0.6 is 34.7 Å². The highest BCUT2D eigenvalue weighted by atomic mass is 35.5. The van der Waals surface area contributed by atoms with Crippen LogP contribution in [0, 0.1) is 11.6 Å². The van der Waals surface area contributed by atoms with Crippen molar-refractivity contribution >= 4 is 76.8 Å². The lowest BCUT2D eigenvalue weighted by atomic mass is 9.94. The van der Waals surface area contributed by atoms with Gasteiger partial charge in [0.1, 0.15) is 17.4 Å². The zero-order valence-corrected chi connectivity index (χ0v) is 25.1. The van der Waals surface area contributed by atoms with E-state index in [2.05, 4.69) is 0 Å². The number of halogens is 3. The molecule has 0 unspecified atom stereocenters. The topological polar surface area (TPSA) is 112 Å². The zero-order chi connectivity index (χ0) is 29.5. The van der Waals surface area contributed by atoms with Crippen LogP contribution in [0.3, 0.4) is 0 Å². The van der Waals surface area contributed by atoms with Gasteiger partial charge in [-0.15, -0.1) is 11.3 Å². The molecule has 3 aromatic rings. The minimum atomic E-state index is -4.41. The fourth-order valence-corrected chi connectivity index (χ4v) is 8.58. The number of rotatable bonds is 7. The van der Waals surface area contributed by atoms with E-state index in [-0.39, 0.29) is 0 Å². The van der Waals surface area contributed by atoms with Crippen molar-refractivity contribution in [3.8, 4) is 0 Å². The second kappa shape index (κ2) is 11.6. The second-order valence-electron chi connectivity index (χ2n) is 9.39. The Balaban J connectivity index is 1.47. The lowest BCUT2D eigenvalue weighted by molar-refractivity contribution is 0.480. The summed E-state index contributed by atoms with van der Waals surface area (Å²) in [6.07, 6.45) is 8.93. The van der Waals surface area contributed by atoms with Crippen molar-refractivity contribution < 1.29 is 34.7 Å². The number of fused-ring (bicyclic) bond motifs is 2. The van der Waals surface area contributed by atoms with Gasteiger partial charge < -0.3 is 4.90 Å². The molecule has 2 aliphatic rings. The number of hydrogen-bond acceptors (Lipinski definition) is 7. The predicted molar refractivity (Wildman–Crippen MR) is 160 cm³/mol. The molecule has 0 amide bonds. The first-order valence-electron chi connectivity index (χ1n) is 12.1. The predicted octanol–water partition coefficient (Wildman–Crippen LogP) is 7.48. The average molecular weight is 658 g/mol. The Kier molecular flexibility index (Phi) is 8.50. The van der Waals surface area contributed by atoms with Gasteiger partial charge in [0.2, 0.25) is 0 Å². The van der Waals surface area contributed by atoms with Gasteiger partial charge in [0.05, 0.1) is 10.7 Å². The molecule has 1 aliphatic carbocycles. The summed E-state index contributed by atoms with van der Waals surface area (Å²) >= 11 is 9.24. The van der Waals surface area contributed by atoms with Crippen LogP contribution in [0.2, 0.25) is 0 Å². The van der Waals surface area contributed by atoms with Crippen LogP contribution in [-0.2, 0) is 26.0 Å². The van der Waals surface area contributed by atoms with Crippen LogP contribution in [0.1, 0.15) is 29.7 Å². The van der Waals surface area contributed by atoms with Gasteiger partial charge in [0.15, 0.2) is 5.88 Å². The van der Waals surface area contributed by atoms with Crippen molar-refractivity contribution in [1.82, 2.24) is 0 Å². The quantitative estimate of drug-likeness (QED) is 0.252. The number of hydrogen-bond donors (Lipinski definition) is 2. The minimum Gasteiger partial charge on any atom is -0.317 e. The van der Waals surface area contributed by atoms with E-state index >= 15 is 0 Å². The van der Waals surface area contributed by atoms with Crippen LogP contribution in [0.5, 0.6) is 0 Å². The fraction of sp³-hybridized carbons (Fsp3) is 0.185. The Labute approximate surface area is 249 Å². The van der Waals surface area contributed by atoms with Crippen molar-refractivity contribution in [3.63, 3.8) is 0 Å². The van der Waals surface area contributed by atoms with Crippen molar-refractivity contribution in [2.75, 3.05) is 10.8 Å². The van der Waals surface area contributed by atoms with Crippen molar-refractivity contribution in [1.29, 1.82) is 0 Å². The molecule has 0 saturated carbocycles. The first-order chi connectivity index (χ1) is 19.3. The standard InChI is InChI=1S/C27H22ClF2NO6S4/c28-27-16(4-8-24-21(14-40(32,33)34)20-12-18(29)6-9-23(20)38-24)2-1-3-17(27)5-11-26-31(15-41(35,36)37)22-13-19(30)7-10-25(22)39-26/h4-13H,1-3,14-15H2,(H,32,33,34)(H,35,36,37)/b8-4+,17-5+,26-11-. The molecule has 14 heteroatoms. The molecule has 5 rings (SSSR count). The van der Waals surface area contributed by atoms with Crippen LogP contribution < -0.4 is 4.90 Å². The molecule has 1 aromatic heterocycles. The Hall–Kier alpha value is -2.52. The summed E-state index contributed by atoms with van der Waals surface area (Å²) in [5, 5.41) is 1.35. The zero-order valence-electron chi connectivity index (χ0n) is 21.1. The van der Waals surface area contributed by atoms with Crippen LogP contribution in [0.15, 0.2) is 80.7 Å². The number of anilines is 1. The molecule has 2 aromatic carbocycles. The summed E-state index contributed by atoms with van der Waals surface area (Å²) in [4.78, 5) is 2.50. The summed E-state index contributed by atoms with van der Waals surface area (Å²) in [6.45, 7) is 0. The highest BCUT2D eigenvalue weighted by Crippen LogP contribution is 2.47. The normalized spacial score (nSPS) is 18.4. The molecule has 2 N–H and O–H groups in total. The third-order valence-electron chi connectivity index (χ3n) is 6.41. The van der Waals surface area contributed by atoms with Gasteiger partial charge in [-0.05, 0) is 84.5 Å². The molecule has 0 spiro atoms. The number of allylic oxidation sites excluding steroid dienone is 6. The van der Waals surface area contributed by atoms with E-state index < -0.39 is 43.5 Å². The van der Waals surface area contributed by atoms with E-state index in [1.165, 1.54) is 58.3 Å². The Bertz CT molecular complexity index is 1900. The van der Waals surface area contributed by atoms with Crippen LogP contribution in [-0.4, -0.2) is 31.8 Å². The minimum absolute atomic E-state index is 0.296. The molecule has 0 atom stereocenters. The Morgan fingerprint density at radius 2 is 1.68 bits per heavy atom. The lowest BCUT2D eigenvalue weighted by Crippen LogP contribution is -2.25. The third-order valence-corrected chi connectivity index (χ3v) is 10.4. The highest BCUT2D eigenvalue weighted by Gasteiger charge is 2.29. The summed E-state index contributed by atoms with van der Waals surface area (Å²) in [6, 6.07) is 8.09. The molecule has 0 radical (unpaired) electrons. The summed E-state index contributed by atoms with van der Waals surface area (Å²) in [5.74, 6) is -2.46. The van der Waals surface area contributed by atoms with Crippen molar-refractivity contribution in [2.24, 2.45) is 0 Å². The third kappa shape index (κ3) is 7.11. The summed E-state index contributed by atoms with van der Waals surface area (Å²) < 4.78 is 94.1. The lowest BCUT2D eigenvalue weighted by Gasteiger charge is -2.19. The summed E-state index contributed by atoms with van der Waals surface area (Å²) in [5.41, 5.74) is 2.18. The monoisotopic (exact) mass is 657 g/mol. The first-order valence-corrected chi connectivity index (χ1v) is 17.3. The summed E-state index contributed by atoms with van der Waals surface area (Å²) in [7, 11) is -8.78. The maximum atomic E-state index is 13.9. The maximum absolute atomic E-state index is 13.9. The highest BCUT2D eigenvalue weighted by molar-refractivity contribution is 8.03. The van der Waals surface area contributed by atoms with Gasteiger partial charge >= 0.3 is 0 Å². The van der Waals surface area contributed by atoms with E-state index in [9.17, 15) is 34.7 Å². The molecule has 41 heavy (non-hydrogen) atoms. The van der Waals surface area contributed by atoms with Crippen LogP contribution in [0.25, 0.3) is 16.2 Å². The number of nitrogens with zero attached hydrogens (tertiary/aromatic N) is 1. The van der Waals surface area contributed by atoms with Crippen LogP contribution in [0.4, 0.5) is 14.5 Å². The number of thiophene rings is 1. The second-order valence-corrected chi connectivity index (χ2v) is 14.8. The fourth-order valence-electron chi connectivity index (χ4n) is 4.66. The number of benzene rings is 2. The molecular formula is C27H22ClF2NO6S4. The molecule has 1 aliphatic heterocycles. The first kappa shape index (κ1) is 30.0. The van der Waals surface area contributed by atoms with Gasteiger partial charge in [-0.3, -0.25) is 9.11 Å². The van der Waals surface area contributed by atoms with Crippen molar-refractivity contribution in [3.05, 3.63) is 97.9 Å². The van der Waals surface area contributed by atoms with E-state index in [0.717, 1.165) is 17.6 Å². The molecule has 0 saturated heterocycles.